The summed E-state index contributed by atoms with van der Waals surface area (Å²) in [6.45, 7) is 7.86. The fraction of sp³-hybridized carbons (Fsp3) is 0.481. The molecule has 9 heteroatoms. The highest BCUT2D eigenvalue weighted by molar-refractivity contribution is 9.12. The number of piperidine rings is 2. The summed E-state index contributed by atoms with van der Waals surface area (Å²) >= 11 is 6.84. The molecule has 4 N–H and O–H groups in total. The predicted molar refractivity (Wildman–Crippen MR) is 151 cm³/mol. The number of hydrogen-bond donors (Lipinski definition) is 3. The summed E-state index contributed by atoms with van der Waals surface area (Å²) in [4.78, 5) is 26.8. The number of hydrogen-bond acceptors (Lipinski definition) is 4. The number of allylic oxidation sites excluding steroid dienone is 2. The Morgan fingerprint density at radius 3 is 2.36 bits per heavy atom. The van der Waals surface area contributed by atoms with Gasteiger partial charge in [-0.1, -0.05) is 28.1 Å². The summed E-state index contributed by atoms with van der Waals surface area (Å²) in [5.41, 5.74) is 9.00. The number of nitrogens with two attached hydrogens (primary N) is 1. The van der Waals surface area contributed by atoms with E-state index in [-0.39, 0.29) is 11.9 Å². The first-order valence-electron chi connectivity index (χ1n) is 12.5. The molecule has 1 aromatic rings. The summed E-state index contributed by atoms with van der Waals surface area (Å²) in [6, 6.07) is 5.21. The van der Waals surface area contributed by atoms with Gasteiger partial charge in [-0.15, -0.1) is 0 Å². The molecule has 36 heavy (non-hydrogen) atoms. The van der Waals surface area contributed by atoms with Crippen LogP contribution in [0.3, 0.4) is 0 Å². The van der Waals surface area contributed by atoms with Crippen molar-refractivity contribution in [2.75, 3.05) is 32.7 Å². The van der Waals surface area contributed by atoms with Crippen molar-refractivity contribution in [2.24, 2.45) is 11.7 Å². The van der Waals surface area contributed by atoms with E-state index in [0.29, 0.717) is 31.2 Å². The number of halogens is 2. The largest absolute Gasteiger partial charge is 0.508 e. The number of benzene rings is 1. The molecule has 0 unspecified atom stereocenters. The number of aryl methyl sites for hydroxylation is 1. The van der Waals surface area contributed by atoms with Crippen molar-refractivity contribution < 1.29 is 14.7 Å². The topological polar surface area (TPSA) is 98.9 Å². The van der Waals surface area contributed by atoms with Crippen LogP contribution in [-0.2, 0) is 11.2 Å². The van der Waals surface area contributed by atoms with Crippen molar-refractivity contribution in [3.05, 3.63) is 62.7 Å². The average molecular weight is 624 g/mol. The molecule has 3 heterocycles. The van der Waals surface area contributed by atoms with E-state index in [1.807, 2.05) is 23.2 Å². The van der Waals surface area contributed by atoms with Gasteiger partial charge >= 0.3 is 6.03 Å². The number of aromatic hydroxyl groups is 1. The highest BCUT2D eigenvalue weighted by Gasteiger charge is 2.26. The second-order valence-electron chi connectivity index (χ2n) is 9.63. The Labute approximate surface area is 230 Å². The molecule has 7 nitrogen and oxygen atoms in total. The molecule has 1 aromatic carbocycles. The SMILES string of the molecule is C=C1CCN(C(=O)CC2CCN(C(N)=O)CC2)CC1.Oc1cc(Br)cc(CCC2=CC(Br)=CNC2)c1. The first-order valence-corrected chi connectivity index (χ1v) is 14.0. The normalized spacial score (nSPS) is 18.4. The molecule has 0 radical (unpaired) electrons. The summed E-state index contributed by atoms with van der Waals surface area (Å²) < 4.78 is 2.00. The zero-order valence-corrected chi connectivity index (χ0v) is 23.8. The molecule has 196 valence electrons. The maximum atomic E-state index is 12.2. The third-order valence-corrected chi connectivity index (χ3v) is 7.72. The van der Waals surface area contributed by atoms with E-state index in [2.05, 4.69) is 49.8 Å². The first-order chi connectivity index (χ1) is 17.2. The number of nitrogens with one attached hydrogen (secondary N) is 1. The Morgan fingerprint density at radius 2 is 1.75 bits per heavy atom. The number of rotatable bonds is 5. The van der Waals surface area contributed by atoms with Gasteiger partial charge in [0.15, 0.2) is 0 Å². The van der Waals surface area contributed by atoms with E-state index in [1.165, 1.54) is 11.1 Å². The van der Waals surface area contributed by atoms with Crippen LogP contribution in [0.1, 0.15) is 44.1 Å². The van der Waals surface area contributed by atoms with Gasteiger partial charge < -0.3 is 26.0 Å². The predicted octanol–water partition coefficient (Wildman–Crippen LogP) is 5.20. The van der Waals surface area contributed by atoms with Gasteiger partial charge in [0.1, 0.15) is 5.75 Å². The number of carbonyl (C=O) groups is 2. The maximum Gasteiger partial charge on any atom is 0.314 e. The molecule has 2 fully saturated rings. The fourth-order valence-corrected chi connectivity index (χ4v) is 5.63. The van der Waals surface area contributed by atoms with Crippen molar-refractivity contribution >= 4 is 43.8 Å². The Morgan fingerprint density at radius 1 is 1.06 bits per heavy atom. The lowest BCUT2D eigenvalue weighted by atomic mass is 9.92. The van der Waals surface area contributed by atoms with Crippen LogP contribution in [0, 0.1) is 5.92 Å². The maximum absolute atomic E-state index is 12.2. The number of nitrogens with zero attached hydrogens (tertiary/aromatic N) is 2. The quantitative estimate of drug-likeness (QED) is 0.393. The number of carbonyl (C=O) groups excluding carboxylic acids is 2. The van der Waals surface area contributed by atoms with Crippen LogP contribution in [0.5, 0.6) is 5.75 Å². The van der Waals surface area contributed by atoms with Gasteiger partial charge in [0.05, 0.1) is 0 Å². The van der Waals surface area contributed by atoms with E-state index < -0.39 is 0 Å². The lowest BCUT2D eigenvalue weighted by Gasteiger charge is -2.33. The lowest BCUT2D eigenvalue weighted by Crippen LogP contribution is -2.43. The van der Waals surface area contributed by atoms with E-state index in [1.54, 1.807) is 11.0 Å². The van der Waals surface area contributed by atoms with Crippen LogP contribution in [0.15, 0.2) is 57.2 Å². The molecular formula is C27H36Br2N4O3. The van der Waals surface area contributed by atoms with Crippen molar-refractivity contribution in [2.45, 2.75) is 44.9 Å². The number of amides is 3. The Kier molecular flexibility index (Phi) is 10.9. The van der Waals surface area contributed by atoms with Gasteiger partial charge in [0.2, 0.25) is 5.91 Å². The van der Waals surface area contributed by atoms with Gasteiger partial charge in [-0.05, 0) is 95.8 Å². The molecule has 2 saturated heterocycles. The summed E-state index contributed by atoms with van der Waals surface area (Å²) in [6.07, 6.45) is 10.3. The van der Waals surface area contributed by atoms with Gasteiger partial charge in [0.25, 0.3) is 0 Å². The average Bonchev–Trinajstić information content (AvgIpc) is 2.83. The molecule has 4 rings (SSSR count). The Bertz CT molecular complexity index is 986. The van der Waals surface area contributed by atoms with Crippen molar-refractivity contribution in [3.63, 3.8) is 0 Å². The zero-order valence-electron chi connectivity index (χ0n) is 20.6. The first kappa shape index (κ1) is 28.3. The standard InChI is InChI=1S/C14H23N3O2.C13H13Br2NO/c1-11-2-6-16(7-3-11)13(18)10-12-4-8-17(9-5-12)14(15)19;14-11-3-9(5-13(17)6-11)1-2-10-4-12(15)8-16-7-10/h12H,1-10H2,(H2,15,19);3-6,8,16-17H,1-2,7H2. The number of phenols is 1. The van der Waals surface area contributed by atoms with Crippen molar-refractivity contribution in [3.8, 4) is 5.75 Å². The fourth-order valence-electron chi connectivity index (χ4n) is 4.62. The number of phenolic OH excluding ortho intramolecular Hbond substituents is 1. The number of likely N-dealkylation sites (tertiary alicyclic amines) is 2. The van der Waals surface area contributed by atoms with E-state index >= 15 is 0 Å². The van der Waals surface area contributed by atoms with Crippen LogP contribution in [0.25, 0.3) is 0 Å². The highest BCUT2D eigenvalue weighted by atomic mass is 79.9. The third-order valence-electron chi connectivity index (χ3n) is 6.80. The summed E-state index contributed by atoms with van der Waals surface area (Å²) in [5.74, 6) is 0.962. The second kappa shape index (κ2) is 13.9. The van der Waals surface area contributed by atoms with E-state index in [9.17, 15) is 14.7 Å². The molecule has 0 bridgehead atoms. The van der Waals surface area contributed by atoms with Crippen LogP contribution >= 0.6 is 31.9 Å². The molecule has 0 saturated carbocycles. The highest BCUT2D eigenvalue weighted by Crippen LogP contribution is 2.24. The van der Waals surface area contributed by atoms with Gasteiger partial charge in [-0.2, -0.15) is 0 Å². The Balaban J connectivity index is 0.000000202. The minimum Gasteiger partial charge on any atom is -0.508 e. The van der Waals surface area contributed by atoms with E-state index in [0.717, 1.165) is 72.7 Å². The molecule has 0 spiro atoms. The van der Waals surface area contributed by atoms with Crippen molar-refractivity contribution in [1.29, 1.82) is 0 Å². The number of dihydropyridines is 1. The van der Waals surface area contributed by atoms with Crippen LogP contribution in [0.2, 0.25) is 0 Å². The molecule has 3 aliphatic rings. The smallest absolute Gasteiger partial charge is 0.314 e. The molecule has 0 atom stereocenters. The zero-order chi connectivity index (χ0) is 26.1. The summed E-state index contributed by atoms with van der Waals surface area (Å²) in [5, 5.41) is 12.7. The Hall–Kier alpha value is -2.26. The second-order valence-corrected chi connectivity index (χ2v) is 11.5. The summed E-state index contributed by atoms with van der Waals surface area (Å²) in [7, 11) is 0. The van der Waals surface area contributed by atoms with Gasteiger partial charge in [-0.3, -0.25) is 4.79 Å². The van der Waals surface area contributed by atoms with Crippen LogP contribution in [0.4, 0.5) is 4.79 Å². The van der Waals surface area contributed by atoms with Crippen LogP contribution in [-0.4, -0.2) is 59.6 Å². The molecule has 0 aromatic heterocycles. The molecule has 3 aliphatic heterocycles. The minimum atomic E-state index is -0.348. The van der Waals surface area contributed by atoms with Crippen LogP contribution < -0.4 is 11.1 Å². The monoisotopic (exact) mass is 622 g/mol. The van der Waals surface area contributed by atoms with E-state index in [4.69, 9.17) is 5.73 Å². The molecular weight excluding hydrogens is 588 g/mol. The van der Waals surface area contributed by atoms with Gasteiger partial charge in [0, 0.05) is 54.3 Å². The third kappa shape index (κ3) is 9.32. The molecule has 3 amide bonds. The minimum absolute atomic E-state index is 0.255. The van der Waals surface area contributed by atoms with Gasteiger partial charge in [-0.25, -0.2) is 4.79 Å². The number of urea groups is 1. The number of primary amides is 1. The molecule has 0 aliphatic carbocycles. The lowest BCUT2D eigenvalue weighted by molar-refractivity contribution is -0.132. The van der Waals surface area contributed by atoms with Crippen molar-refractivity contribution in [1.82, 2.24) is 15.1 Å².